The molecule has 4 nitrogen and oxygen atoms in total. The average molecular weight is 212 g/mol. The molecule has 1 fully saturated rings. The third-order valence-electron chi connectivity index (χ3n) is 1.50. The Morgan fingerprint density at radius 1 is 0.357 bits per heavy atom. The van der Waals surface area contributed by atoms with Gasteiger partial charge in [0.1, 0.15) is 0 Å². The Hall–Kier alpha value is -0.160. The standard InChI is InChI=1S/C6H12.4CH4O/c1-2-4-6-5-3-1;4*1-2/h1-6H2;4*2H,1H3. The van der Waals surface area contributed by atoms with Gasteiger partial charge in [-0.15, -0.1) is 0 Å². The van der Waals surface area contributed by atoms with E-state index in [2.05, 4.69) is 0 Å². The van der Waals surface area contributed by atoms with Crippen molar-refractivity contribution in [2.75, 3.05) is 28.4 Å². The molecule has 0 atom stereocenters. The Balaban J connectivity index is -0.0000000542. The highest BCUT2D eigenvalue weighted by Crippen LogP contribution is 2.15. The highest BCUT2D eigenvalue weighted by Gasteiger charge is 1.95. The van der Waals surface area contributed by atoms with Gasteiger partial charge in [-0.05, 0) is 0 Å². The second-order valence-corrected chi connectivity index (χ2v) is 2.12. The second kappa shape index (κ2) is 52.8. The number of aliphatic hydroxyl groups excluding tert-OH is 4. The Morgan fingerprint density at radius 2 is 0.429 bits per heavy atom. The van der Waals surface area contributed by atoms with Crippen molar-refractivity contribution in [3.05, 3.63) is 0 Å². The minimum atomic E-state index is 1.00. The molecule has 0 aromatic heterocycles. The summed E-state index contributed by atoms with van der Waals surface area (Å²) < 4.78 is 0. The summed E-state index contributed by atoms with van der Waals surface area (Å²) in [5.74, 6) is 0. The fraction of sp³-hybridized carbons (Fsp3) is 1.00. The van der Waals surface area contributed by atoms with E-state index in [1.807, 2.05) is 0 Å². The zero-order valence-electron chi connectivity index (χ0n) is 10.0. The minimum absolute atomic E-state index is 1.00. The third-order valence-corrected chi connectivity index (χ3v) is 1.50. The third kappa shape index (κ3) is 40.8. The molecule has 0 spiro atoms. The van der Waals surface area contributed by atoms with Gasteiger partial charge in [-0.25, -0.2) is 0 Å². The SMILES string of the molecule is C1CCCCC1.CO.CO.CO.CO. The Morgan fingerprint density at radius 3 is 0.500 bits per heavy atom. The highest BCUT2D eigenvalue weighted by atomic mass is 16.2. The molecule has 0 saturated heterocycles. The van der Waals surface area contributed by atoms with E-state index in [1.54, 1.807) is 0 Å². The summed E-state index contributed by atoms with van der Waals surface area (Å²) in [7, 11) is 4.00. The average Bonchev–Trinajstić information content (AvgIpc) is 2.41. The van der Waals surface area contributed by atoms with E-state index in [1.165, 1.54) is 38.5 Å². The lowest BCUT2D eigenvalue weighted by Crippen LogP contribution is -1.85. The van der Waals surface area contributed by atoms with Gasteiger partial charge in [0.05, 0.1) is 0 Å². The normalized spacial score (nSPS) is 12.0. The van der Waals surface area contributed by atoms with E-state index < -0.39 is 0 Å². The maximum atomic E-state index is 7.00. The first-order valence-electron chi connectivity index (χ1n) is 4.79. The lowest BCUT2D eigenvalue weighted by atomic mass is 10.0. The van der Waals surface area contributed by atoms with Crippen molar-refractivity contribution < 1.29 is 20.4 Å². The van der Waals surface area contributed by atoms with Gasteiger partial charge in [0.25, 0.3) is 0 Å². The number of hydrogen-bond acceptors (Lipinski definition) is 4. The van der Waals surface area contributed by atoms with Gasteiger partial charge < -0.3 is 20.4 Å². The molecular weight excluding hydrogens is 184 g/mol. The first-order chi connectivity index (χ1) is 7.00. The molecule has 0 amide bonds. The van der Waals surface area contributed by atoms with Crippen LogP contribution in [0.4, 0.5) is 0 Å². The quantitative estimate of drug-likeness (QED) is 0.478. The monoisotopic (exact) mass is 212 g/mol. The topological polar surface area (TPSA) is 80.9 Å². The molecule has 0 radical (unpaired) electrons. The predicted octanol–water partition coefficient (Wildman–Crippen LogP) is 0.775. The molecule has 0 bridgehead atoms. The maximum absolute atomic E-state index is 7.00. The molecule has 1 rings (SSSR count). The Bertz CT molecular complexity index is 27.6. The van der Waals surface area contributed by atoms with Gasteiger partial charge in [-0.1, -0.05) is 38.5 Å². The molecule has 0 aromatic carbocycles. The van der Waals surface area contributed by atoms with Crippen LogP contribution in [-0.2, 0) is 0 Å². The molecule has 1 saturated carbocycles. The van der Waals surface area contributed by atoms with Crippen LogP contribution in [0.25, 0.3) is 0 Å². The van der Waals surface area contributed by atoms with Crippen LogP contribution in [0.3, 0.4) is 0 Å². The molecule has 1 aliphatic rings. The van der Waals surface area contributed by atoms with Crippen molar-refractivity contribution in [3.63, 3.8) is 0 Å². The zero-order chi connectivity index (χ0) is 12.2. The van der Waals surface area contributed by atoms with E-state index in [-0.39, 0.29) is 0 Å². The van der Waals surface area contributed by atoms with E-state index in [0.717, 1.165) is 28.4 Å². The van der Waals surface area contributed by atoms with Gasteiger partial charge in [0.2, 0.25) is 0 Å². The van der Waals surface area contributed by atoms with Crippen LogP contribution < -0.4 is 0 Å². The lowest BCUT2D eigenvalue weighted by Gasteiger charge is -2.05. The highest BCUT2D eigenvalue weighted by molar-refractivity contribution is 4.51. The van der Waals surface area contributed by atoms with Gasteiger partial charge in [-0.2, -0.15) is 0 Å². The lowest BCUT2D eigenvalue weighted by molar-refractivity contribution is 0.399. The summed E-state index contributed by atoms with van der Waals surface area (Å²) in [6, 6.07) is 0. The molecule has 92 valence electrons. The van der Waals surface area contributed by atoms with E-state index in [4.69, 9.17) is 20.4 Å². The van der Waals surface area contributed by atoms with Crippen molar-refractivity contribution in [1.29, 1.82) is 0 Å². The van der Waals surface area contributed by atoms with Crippen LogP contribution in [0.15, 0.2) is 0 Å². The van der Waals surface area contributed by atoms with Crippen LogP contribution in [0, 0.1) is 0 Å². The summed E-state index contributed by atoms with van der Waals surface area (Å²) in [5, 5.41) is 28.0. The van der Waals surface area contributed by atoms with Gasteiger partial charge in [0, 0.05) is 28.4 Å². The summed E-state index contributed by atoms with van der Waals surface area (Å²) in [6.07, 6.45) is 9.00. The molecule has 0 aromatic rings. The fourth-order valence-corrected chi connectivity index (χ4v) is 1.06. The number of aliphatic hydroxyl groups is 4. The van der Waals surface area contributed by atoms with Crippen molar-refractivity contribution in [2.24, 2.45) is 0 Å². The summed E-state index contributed by atoms with van der Waals surface area (Å²) >= 11 is 0. The van der Waals surface area contributed by atoms with Gasteiger partial charge in [0.15, 0.2) is 0 Å². The first kappa shape index (κ1) is 23.6. The van der Waals surface area contributed by atoms with E-state index in [0.29, 0.717) is 0 Å². The van der Waals surface area contributed by atoms with Crippen molar-refractivity contribution in [3.8, 4) is 0 Å². The Kier molecular flexibility index (Phi) is 88.8. The predicted molar refractivity (Wildman–Crippen MR) is 60.3 cm³/mol. The van der Waals surface area contributed by atoms with Crippen LogP contribution in [-0.4, -0.2) is 48.9 Å². The maximum Gasteiger partial charge on any atom is 0.0319 e. The number of hydrogen-bond donors (Lipinski definition) is 4. The Labute approximate surface area is 88.2 Å². The van der Waals surface area contributed by atoms with Crippen molar-refractivity contribution in [2.45, 2.75) is 38.5 Å². The summed E-state index contributed by atoms with van der Waals surface area (Å²) in [4.78, 5) is 0. The van der Waals surface area contributed by atoms with Crippen LogP contribution in [0.5, 0.6) is 0 Å². The number of rotatable bonds is 0. The van der Waals surface area contributed by atoms with Gasteiger partial charge in [-0.3, -0.25) is 0 Å². The van der Waals surface area contributed by atoms with E-state index in [9.17, 15) is 0 Å². The van der Waals surface area contributed by atoms with E-state index >= 15 is 0 Å². The second-order valence-electron chi connectivity index (χ2n) is 2.12. The summed E-state index contributed by atoms with van der Waals surface area (Å²) in [5.41, 5.74) is 0. The van der Waals surface area contributed by atoms with Crippen LogP contribution in [0.1, 0.15) is 38.5 Å². The van der Waals surface area contributed by atoms with Crippen molar-refractivity contribution in [1.82, 2.24) is 0 Å². The van der Waals surface area contributed by atoms with Crippen LogP contribution in [0.2, 0.25) is 0 Å². The largest absolute Gasteiger partial charge is 0.400 e. The first-order valence-corrected chi connectivity index (χ1v) is 4.79. The molecule has 0 heterocycles. The molecule has 1 aliphatic carbocycles. The molecule has 0 unspecified atom stereocenters. The molecule has 4 N–H and O–H groups in total. The van der Waals surface area contributed by atoms with Gasteiger partial charge >= 0.3 is 0 Å². The molecule has 14 heavy (non-hydrogen) atoms. The van der Waals surface area contributed by atoms with Crippen molar-refractivity contribution >= 4 is 0 Å². The molecular formula is C10H28O4. The molecule has 4 heteroatoms. The smallest absolute Gasteiger partial charge is 0.0319 e. The zero-order valence-corrected chi connectivity index (χ0v) is 10.0. The van der Waals surface area contributed by atoms with Crippen LogP contribution >= 0.6 is 0 Å². The minimum Gasteiger partial charge on any atom is -0.400 e. The fourth-order valence-electron chi connectivity index (χ4n) is 1.06. The molecule has 0 aliphatic heterocycles. The summed E-state index contributed by atoms with van der Waals surface area (Å²) in [6.45, 7) is 0.